The van der Waals surface area contributed by atoms with Gasteiger partial charge in [0, 0.05) is 19.3 Å². The predicted octanol–water partition coefficient (Wildman–Crippen LogP) is 2.17. The van der Waals surface area contributed by atoms with Crippen LogP contribution in [0.4, 0.5) is 0 Å². The van der Waals surface area contributed by atoms with Gasteiger partial charge < -0.3 is 5.32 Å². The van der Waals surface area contributed by atoms with Gasteiger partial charge in [0.05, 0.1) is 0 Å². The maximum absolute atomic E-state index is 5.79. The molecule has 0 amide bonds. The lowest BCUT2D eigenvalue weighted by Crippen LogP contribution is -2.38. The molecular formula is C13H20ClN3. The number of rotatable bonds is 4. The Kier molecular flexibility index (Phi) is 4.77. The normalized spacial score (nSPS) is 21.6. The monoisotopic (exact) mass is 253 g/mol. The molecule has 0 spiro atoms. The number of aromatic nitrogens is 1. The van der Waals surface area contributed by atoms with E-state index in [1.54, 1.807) is 0 Å². The number of nitrogens with one attached hydrogen (secondary N) is 1. The fraction of sp³-hybridized carbons (Fsp3) is 0.615. The molecule has 17 heavy (non-hydrogen) atoms. The van der Waals surface area contributed by atoms with Gasteiger partial charge in [0.2, 0.25) is 0 Å². The van der Waals surface area contributed by atoms with Crippen LogP contribution in [0, 0.1) is 5.92 Å². The van der Waals surface area contributed by atoms with Crippen LogP contribution in [0.1, 0.15) is 18.4 Å². The lowest BCUT2D eigenvalue weighted by molar-refractivity contribution is 0.166. The van der Waals surface area contributed by atoms with Gasteiger partial charge in [-0.2, -0.15) is 0 Å². The summed E-state index contributed by atoms with van der Waals surface area (Å²) in [6.07, 6.45) is 4.52. The highest BCUT2D eigenvalue weighted by molar-refractivity contribution is 6.29. The number of likely N-dealkylation sites (tertiary alicyclic amines) is 1. The SMILES string of the molecule is CNCC1CCCN(Cc2ccc(Cl)nc2)C1. The zero-order valence-corrected chi connectivity index (χ0v) is 11.1. The van der Waals surface area contributed by atoms with Crippen molar-refractivity contribution in [2.75, 3.05) is 26.7 Å². The molecule has 0 aromatic carbocycles. The van der Waals surface area contributed by atoms with Crippen LogP contribution < -0.4 is 5.32 Å². The fourth-order valence-electron chi connectivity index (χ4n) is 2.51. The molecule has 94 valence electrons. The Morgan fingerprint density at radius 1 is 1.53 bits per heavy atom. The zero-order chi connectivity index (χ0) is 12.1. The summed E-state index contributed by atoms with van der Waals surface area (Å²) in [6.45, 7) is 4.49. The summed E-state index contributed by atoms with van der Waals surface area (Å²) in [6, 6.07) is 3.93. The lowest BCUT2D eigenvalue weighted by atomic mass is 9.98. The lowest BCUT2D eigenvalue weighted by Gasteiger charge is -2.32. The Labute approximate surface area is 108 Å². The maximum atomic E-state index is 5.79. The van der Waals surface area contributed by atoms with Gasteiger partial charge >= 0.3 is 0 Å². The number of piperidine rings is 1. The van der Waals surface area contributed by atoms with Gasteiger partial charge in [0.15, 0.2) is 0 Å². The van der Waals surface area contributed by atoms with E-state index in [4.69, 9.17) is 11.6 Å². The molecule has 0 saturated carbocycles. The molecule has 4 heteroatoms. The molecule has 1 aromatic heterocycles. The Morgan fingerprint density at radius 2 is 2.41 bits per heavy atom. The molecule has 1 atom stereocenters. The van der Waals surface area contributed by atoms with Crippen molar-refractivity contribution in [2.45, 2.75) is 19.4 Å². The van der Waals surface area contributed by atoms with Crippen LogP contribution >= 0.6 is 11.6 Å². The Morgan fingerprint density at radius 3 is 3.12 bits per heavy atom. The van der Waals surface area contributed by atoms with E-state index in [1.807, 2.05) is 19.3 Å². The molecule has 1 aromatic rings. The molecule has 3 nitrogen and oxygen atoms in total. The first-order chi connectivity index (χ1) is 8.28. The minimum absolute atomic E-state index is 0.570. The molecule has 1 N–H and O–H groups in total. The molecule has 2 rings (SSSR count). The van der Waals surface area contributed by atoms with E-state index >= 15 is 0 Å². The van der Waals surface area contributed by atoms with Gasteiger partial charge in [-0.05, 0) is 50.5 Å². The minimum Gasteiger partial charge on any atom is -0.319 e. The van der Waals surface area contributed by atoms with Crippen LogP contribution in [0.5, 0.6) is 0 Å². The number of nitrogens with zero attached hydrogens (tertiary/aromatic N) is 2. The van der Waals surface area contributed by atoms with Crippen LogP contribution in [0.25, 0.3) is 0 Å². The molecule has 1 saturated heterocycles. The molecule has 1 aliphatic rings. The minimum atomic E-state index is 0.570. The van der Waals surface area contributed by atoms with Gasteiger partial charge in [-0.1, -0.05) is 17.7 Å². The van der Waals surface area contributed by atoms with Gasteiger partial charge in [0.1, 0.15) is 5.15 Å². The van der Waals surface area contributed by atoms with Crippen LogP contribution in [-0.2, 0) is 6.54 Å². The van der Waals surface area contributed by atoms with E-state index in [9.17, 15) is 0 Å². The van der Waals surface area contributed by atoms with E-state index in [0.29, 0.717) is 5.15 Å². The van der Waals surface area contributed by atoms with E-state index in [-0.39, 0.29) is 0 Å². The van der Waals surface area contributed by atoms with Gasteiger partial charge in [-0.25, -0.2) is 4.98 Å². The first-order valence-electron chi connectivity index (χ1n) is 6.25. The summed E-state index contributed by atoms with van der Waals surface area (Å²) in [7, 11) is 2.03. The van der Waals surface area contributed by atoms with E-state index in [1.165, 1.54) is 31.5 Å². The fourth-order valence-corrected chi connectivity index (χ4v) is 2.62. The van der Waals surface area contributed by atoms with Crippen molar-refractivity contribution in [3.63, 3.8) is 0 Å². The number of hydrogen-bond acceptors (Lipinski definition) is 3. The molecule has 0 bridgehead atoms. The third-order valence-electron chi connectivity index (χ3n) is 3.29. The summed E-state index contributed by atoms with van der Waals surface area (Å²) in [4.78, 5) is 6.64. The first kappa shape index (κ1) is 12.8. The largest absolute Gasteiger partial charge is 0.319 e. The molecule has 0 aliphatic carbocycles. The standard InChI is InChI=1S/C13H20ClN3/c1-15-7-11-3-2-6-17(9-11)10-12-4-5-13(14)16-8-12/h4-5,8,11,15H,2-3,6-7,9-10H2,1H3. The zero-order valence-electron chi connectivity index (χ0n) is 10.3. The molecule has 1 fully saturated rings. The highest BCUT2D eigenvalue weighted by Crippen LogP contribution is 2.18. The molecule has 1 unspecified atom stereocenters. The third kappa shape index (κ3) is 3.95. The van der Waals surface area contributed by atoms with E-state index in [2.05, 4.69) is 21.3 Å². The van der Waals surface area contributed by atoms with Crippen molar-refractivity contribution in [1.29, 1.82) is 0 Å². The first-order valence-corrected chi connectivity index (χ1v) is 6.63. The van der Waals surface area contributed by atoms with Crippen LogP contribution in [0.3, 0.4) is 0 Å². The highest BCUT2D eigenvalue weighted by Gasteiger charge is 2.19. The highest BCUT2D eigenvalue weighted by atomic mass is 35.5. The average Bonchev–Trinajstić information content (AvgIpc) is 2.33. The van der Waals surface area contributed by atoms with E-state index < -0.39 is 0 Å². The number of pyridine rings is 1. The predicted molar refractivity (Wildman–Crippen MR) is 71.2 cm³/mol. The summed E-state index contributed by atoms with van der Waals surface area (Å²) < 4.78 is 0. The van der Waals surface area contributed by atoms with Crippen molar-refractivity contribution in [3.8, 4) is 0 Å². The summed E-state index contributed by atoms with van der Waals surface area (Å²) in [5.41, 5.74) is 1.25. The van der Waals surface area contributed by atoms with Gasteiger partial charge in [-0.3, -0.25) is 4.90 Å². The van der Waals surface area contributed by atoms with Crippen LogP contribution in [0.2, 0.25) is 5.15 Å². The Balaban J connectivity index is 1.87. The van der Waals surface area contributed by atoms with Crippen LogP contribution in [0.15, 0.2) is 18.3 Å². The molecule has 1 aliphatic heterocycles. The second-order valence-corrected chi connectivity index (χ2v) is 5.18. The second kappa shape index (κ2) is 6.34. The third-order valence-corrected chi connectivity index (χ3v) is 3.51. The van der Waals surface area contributed by atoms with Crippen LogP contribution in [-0.4, -0.2) is 36.6 Å². The maximum Gasteiger partial charge on any atom is 0.129 e. The van der Waals surface area contributed by atoms with Crippen molar-refractivity contribution >= 4 is 11.6 Å². The van der Waals surface area contributed by atoms with Crippen molar-refractivity contribution in [1.82, 2.24) is 15.2 Å². The van der Waals surface area contributed by atoms with Crippen molar-refractivity contribution in [2.24, 2.45) is 5.92 Å². The van der Waals surface area contributed by atoms with E-state index in [0.717, 1.165) is 19.0 Å². The Hall–Kier alpha value is -0.640. The smallest absolute Gasteiger partial charge is 0.129 e. The van der Waals surface area contributed by atoms with Crippen molar-refractivity contribution < 1.29 is 0 Å². The van der Waals surface area contributed by atoms with Gasteiger partial charge in [0.25, 0.3) is 0 Å². The second-order valence-electron chi connectivity index (χ2n) is 4.79. The molecule has 2 heterocycles. The average molecular weight is 254 g/mol. The molecule has 0 radical (unpaired) electrons. The summed E-state index contributed by atoms with van der Waals surface area (Å²) in [5.74, 6) is 0.786. The quantitative estimate of drug-likeness (QED) is 0.834. The van der Waals surface area contributed by atoms with Gasteiger partial charge in [-0.15, -0.1) is 0 Å². The summed E-state index contributed by atoms with van der Waals surface area (Å²) >= 11 is 5.79. The topological polar surface area (TPSA) is 28.2 Å². The number of hydrogen-bond donors (Lipinski definition) is 1. The summed E-state index contributed by atoms with van der Waals surface area (Å²) in [5, 5.41) is 3.84. The molecular weight excluding hydrogens is 234 g/mol. The Bertz CT molecular complexity index is 337. The van der Waals surface area contributed by atoms with Crippen molar-refractivity contribution in [3.05, 3.63) is 29.0 Å². The number of halogens is 1.